The van der Waals surface area contributed by atoms with Crippen LogP contribution in [0, 0.1) is 5.82 Å². The molecule has 7 heteroatoms. The number of ether oxygens (including phenoxy) is 1. The Labute approximate surface area is 143 Å². The summed E-state index contributed by atoms with van der Waals surface area (Å²) in [6.07, 6.45) is 3.34. The van der Waals surface area contributed by atoms with Gasteiger partial charge >= 0.3 is 0 Å². The summed E-state index contributed by atoms with van der Waals surface area (Å²) in [5.41, 5.74) is 0.241. The van der Waals surface area contributed by atoms with Gasteiger partial charge in [-0.15, -0.1) is 0 Å². The molecule has 0 N–H and O–H groups in total. The van der Waals surface area contributed by atoms with Crippen molar-refractivity contribution >= 4 is 21.8 Å². The average molecular weight is 386 g/mol. The highest BCUT2D eigenvalue weighted by atomic mass is 79.9. The first-order valence-corrected chi connectivity index (χ1v) is 8.75. The van der Waals surface area contributed by atoms with Gasteiger partial charge in [-0.1, -0.05) is 0 Å². The highest BCUT2D eigenvalue weighted by Crippen LogP contribution is 2.31. The maximum atomic E-state index is 13.9. The van der Waals surface area contributed by atoms with Crippen molar-refractivity contribution in [1.29, 1.82) is 0 Å². The predicted molar refractivity (Wildman–Crippen MR) is 87.3 cm³/mol. The van der Waals surface area contributed by atoms with Gasteiger partial charge in [0.25, 0.3) is 0 Å². The molecule has 0 aliphatic carbocycles. The monoisotopic (exact) mass is 385 g/mol. The zero-order chi connectivity index (χ0) is 16.4. The third kappa shape index (κ3) is 3.72. The van der Waals surface area contributed by atoms with Crippen molar-refractivity contribution in [1.82, 2.24) is 14.8 Å². The Morgan fingerprint density at radius 3 is 2.83 bits per heavy atom. The minimum absolute atomic E-state index is 0.0710. The Hall–Kier alpha value is -1.05. The fourth-order valence-corrected chi connectivity index (χ4v) is 3.57. The first kappa shape index (κ1) is 16.8. The minimum atomic E-state index is -0.281. The summed E-state index contributed by atoms with van der Waals surface area (Å²) in [6.45, 7) is 5.71. The molecule has 2 aliphatic heterocycles. The molecule has 0 atom stereocenters. The van der Waals surface area contributed by atoms with Gasteiger partial charge in [-0.25, -0.2) is 4.39 Å². The maximum Gasteiger partial charge on any atom is 0.248 e. The van der Waals surface area contributed by atoms with Gasteiger partial charge in [0.15, 0.2) is 0 Å². The van der Waals surface area contributed by atoms with Crippen LogP contribution in [0.15, 0.2) is 16.7 Å². The molecule has 0 unspecified atom stereocenters. The molecule has 1 aromatic rings. The summed E-state index contributed by atoms with van der Waals surface area (Å²) in [6, 6.07) is 1.45. The lowest BCUT2D eigenvalue weighted by Gasteiger charge is -2.46. The van der Waals surface area contributed by atoms with E-state index in [2.05, 4.69) is 25.8 Å². The molecular formula is C16H21BrFN3O2. The van der Waals surface area contributed by atoms with Gasteiger partial charge in [-0.05, 0) is 41.8 Å². The van der Waals surface area contributed by atoms with Crippen molar-refractivity contribution in [2.45, 2.75) is 31.9 Å². The van der Waals surface area contributed by atoms with Crippen LogP contribution >= 0.6 is 15.9 Å². The number of carbonyl (C=O) groups is 1. The van der Waals surface area contributed by atoms with Crippen LogP contribution in [0.4, 0.5) is 4.39 Å². The molecule has 2 fully saturated rings. The number of pyridine rings is 1. The summed E-state index contributed by atoms with van der Waals surface area (Å²) >= 11 is 3.22. The van der Waals surface area contributed by atoms with Gasteiger partial charge in [0.2, 0.25) is 5.91 Å². The van der Waals surface area contributed by atoms with Crippen LogP contribution < -0.4 is 0 Å². The van der Waals surface area contributed by atoms with E-state index in [9.17, 15) is 9.18 Å². The molecule has 126 valence electrons. The van der Waals surface area contributed by atoms with Crippen molar-refractivity contribution in [3.05, 3.63) is 28.2 Å². The predicted octanol–water partition coefficient (Wildman–Crippen LogP) is 2.20. The van der Waals surface area contributed by atoms with E-state index in [0.717, 1.165) is 32.5 Å². The third-order valence-electron chi connectivity index (χ3n) is 4.74. The largest absolute Gasteiger partial charge is 0.363 e. The van der Waals surface area contributed by atoms with Gasteiger partial charge < -0.3 is 9.64 Å². The number of aromatic nitrogens is 1. The molecule has 0 aromatic carbocycles. The van der Waals surface area contributed by atoms with E-state index in [-0.39, 0.29) is 23.9 Å². The summed E-state index contributed by atoms with van der Waals surface area (Å²) < 4.78 is 20.4. The second-order valence-electron chi connectivity index (χ2n) is 6.24. The molecule has 5 nitrogen and oxygen atoms in total. The van der Waals surface area contributed by atoms with E-state index in [4.69, 9.17) is 4.74 Å². The van der Waals surface area contributed by atoms with Crippen molar-refractivity contribution < 1.29 is 13.9 Å². The summed E-state index contributed by atoms with van der Waals surface area (Å²) in [5, 5.41) is 0. The van der Waals surface area contributed by atoms with Crippen molar-refractivity contribution in [3.8, 4) is 0 Å². The standard InChI is InChI=1S/C16H21BrFN3O2/c1-2-21-11-16(23-10-15(21)22)3-5-20(6-4-16)9-14-13(18)7-12(17)8-19-14/h7-8H,2-6,9-11H2,1H3. The van der Waals surface area contributed by atoms with Gasteiger partial charge in [0.1, 0.15) is 12.4 Å². The number of nitrogens with zero attached hydrogens (tertiary/aromatic N) is 3. The normalized spacial score (nSPS) is 21.9. The lowest BCUT2D eigenvalue weighted by atomic mass is 9.89. The minimum Gasteiger partial charge on any atom is -0.363 e. The number of likely N-dealkylation sites (N-methyl/N-ethyl adjacent to an activating group) is 1. The molecular weight excluding hydrogens is 365 g/mol. The van der Waals surface area contributed by atoms with Crippen LogP contribution in [0.25, 0.3) is 0 Å². The van der Waals surface area contributed by atoms with Gasteiger partial charge in [0, 0.05) is 43.4 Å². The second-order valence-corrected chi connectivity index (χ2v) is 7.15. The third-order valence-corrected chi connectivity index (χ3v) is 5.17. The van der Waals surface area contributed by atoms with Crippen molar-refractivity contribution in [2.24, 2.45) is 0 Å². The first-order chi connectivity index (χ1) is 11.0. The van der Waals surface area contributed by atoms with Crippen molar-refractivity contribution in [2.75, 3.05) is 32.8 Å². The molecule has 0 radical (unpaired) electrons. The SMILES string of the molecule is CCN1CC2(CCN(Cc3ncc(Br)cc3F)CC2)OCC1=O. The summed E-state index contributed by atoms with van der Waals surface area (Å²) in [5.74, 6) is -0.210. The van der Waals surface area contributed by atoms with Crippen LogP contribution in [-0.4, -0.2) is 59.1 Å². The van der Waals surface area contributed by atoms with E-state index in [1.807, 2.05) is 11.8 Å². The summed E-state index contributed by atoms with van der Waals surface area (Å²) in [4.78, 5) is 20.0. The number of morpholine rings is 1. The van der Waals surface area contributed by atoms with Crippen LogP contribution in [0.5, 0.6) is 0 Å². The lowest BCUT2D eigenvalue weighted by molar-refractivity contribution is -0.171. The fourth-order valence-electron chi connectivity index (χ4n) is 3.27. The Morgan fingerprint density at radius 1 is 1.43 bits per heavy atom. The first-order valence-electron chi connectivity index (χ1n) is 7.95. The maximum absolute atomic E-state index is 13.9. The molecule has 1 amide bonds. The van der Waals surface area contributed by atoms with E-state index in [1.165, 1.54) is 6.07 Å². The molecule has 1 spiro atoms. The number of hydrogen-bond donors (Lipinski definition) is 0. The Kier molecular flexibility index (Phi) is 4.98. The molecule has 1 aromatic heterocycles. The topological polar surface area (TPSA) is 45.7 Å². The molecule has 0 bridgehead atoms. The quantitative estimate of drug-likeness (QED) is 0.799. The van der Waals surface area contributed by atoms with Gasteiger partial charge in [-0.2, -0.15) is 0 Å². The Bertz CT molecular complexity index is 591. The fraction of sp³-hybridized carbons (Fsp3) is 0.625. The van der Waals surface area contributed by atoms with Crippen molar-refractivity contribution in [3.63, 3.8) is 0 Å². The summed E-state index contributed by atoms with van der Waals surface area (Å²) in [7, 11) is 0. The second kappa shape index (κ2) is 6.83. The lowest BCUT2D eigenvalue weighted by Crippen LogP contribution is -2.58. The molecule has 0 saturated carbocycles. The number of rotatable bonds is 3. The van der Waals surface area contributed by atoms with Crippen LogP contribution in [0.2, 0.25) is 0 Å². The zero-order valence-corrected chi connectivity index (χ0v) is 14.8. The number of hydrogen-bond acceptors (Lipinski definition) is 4. The van der Waals surface area contributed by atoms with Gasteiger partial charge in [0.05, 0.1) is 11.3 Å². The van der Waals surface area contributed by atoms with E-state index < -0.39 is 0 Å². The van der Waals surface area contributed by atoms with E-state index in [1.54, 1.807) is 6.20 Å². The zero-order valence-electron chi connectivity index (χ0n) is 13.2. The number of carbonyl (C=O) groups excluding carboxylic acids is 1. The molecule has 2 aliphatic rings. The van der Waals surface area contributed by atoms with Gasteiger partial charge in [-0.3, -0.25) is 14.7 Å². The Balaban J connectivity index is 1.59. The number of likely N-dealkylation sites (tertiary alicyclic amines) is 1. The molecule has 3 heterocycles. The van der Waals surface area contributed by atoms with Crippen LogP contribution in [0.1, 0.15) is 25.5 Å². The smallest absolute Gasteiger partial charge is 0.248 e. The van der Waals surface area contributed by atoms with E-state index in [0.29, 0.717) is 23.3 Å². The molecule has 2 saturated heterocycles. The number of amides is 1. The van der Waals surface area contributed by atoms with E-state index >= 15 is 0 Å². The highest BCUT2D eigenvalue weighted by molar-refractivity contribution is 9.10. The van der Waals surface area contributed by atoms with Crippen LogP contribution in [-0.2, 0) is 16.1 Å². The van der Waals surface area contributed by atoms with Crippen LogP contribution in [0.3, 0.4) is 0 Å². The molecule has 23 heavy (non-hydrogen) atoms. The average Bonchev–Trinajstić information content (AvgIpc) is 2.55. The molecule has 3 rings (SSSR count). The number of piperidine rings is 1. The highest BCUT2D eigenvalue weighted by Gasteiger charge is 2.41. The number of halogens is 2. The Morgan fingerprint density at radius 2 is 2.17 bits per heavy atom.